The first-order valence-corrected chi connectivity index (χ1v) is 18.7. The van der Waals surface area contributed by atoms with Crippen molar-refractivity contribution < 1.29 is 19.0 Å². The second-order valence-electron chi connectivity index (χ2n) is 13.6. The molecule has 5 heterocycles. The Hall–Kier alpha value is -6.60. The molecule has 0 saturated carbocycles. The number of rotatable bonds is 13. The maximum Gasteiger partial charge on any atom is 0.251 e. The molecule has 0 spiro atoms. The van der Waals surface area contributed by atoms with E-state index in [4.69, 9.17) is 34.1 Å². The number of hydrogen-bond acceptors (Lipinski definition) is 12. The molecular weight excluding hydrogens is 707 g/mol. The van der Waals surface area contributed by atoms with Gasteiger partial charge in [0.05, 0.1) is 33.1 Å². The number of methoxy groups -OCH3 is 2. The summed E-state index contributed by atoms with van der Waals surface area (Å²) in [5.41, 5.74) is 7.35. The molecule has 13 heteroatoms. The molecule has 6 aromatic rings. The van der Waals surface area contributed by atoms with Crippen molar-refractivity contribution in [3.63, 3.8) is 0 Å². The van der Waals surface area contributed by atoms with Crippen molar-refractivity contribution in [3.8, 4) is 22.8 Å². The Morgan fingerprint density at radius 2 is 1.45 bits per heavy atom. The number of morpholine rings is 1. The quantitative estimate of drug-likeness (QED) is 0.148. The number of amides is 1. The standard InChI is InChI=1S/C43H43N9O4/c1-54-36-13-5-30(6-14-36)28-51(29-31-7-15-37(55-2)16-8-31)42-46-26-34(27-47-42)39-38-17-19-52(40(38)49-43(48-39)50-20-22-56-23-21-50)35-11-9-33(10-12-35)41(53)45-25-32-4-3-18-44-24-32/h3-16,18,24,26-27H,17,19-23,25,28-29H2,1-2H3,(H,45,53). The van der Waals surface area contributed by atoms with Crippen LogP contribution in [0.4, 0.5) is 23.4 Å². The van der Waals surface area contributed by atoms with Gasteiger partial charge >= 0.3 is 0 Å². The largest absolute Gasteiger partial charge is 0.497 e. The molecule has 0 aliphatic carbocycles. The van der Waals surface area contributed by atoms with Crippen LogP contribution in [0.1, 0.15) is 32.6 Å². The smallest absolute Gasteiger partial charge is 0.251 e. The van der Waals surface area contributed by atoms with Gasteiger partial charge in [0.1, 0.15) is 17.3 Å². The number of ether oxygens (including phenoxy) is 3. The maximum atomic E-state index is 13.0. The summed E-state index contributed by atoms with van der Waals surface area (Å²) in [6.07, 6.45) is 7.94. The number of benzene rings is 3. The fourth-order valence-corrected chi connectivity index (χ4v) is 6.93. The van der Waals surface area contributed by atoms with Crippen LogP contribution < -0.4 is 29.5 Å². The summed E-state index contributed by atoms with van der Waals surface area (Å²) in [5, 5.41) is 2.98. The highest BCUT2D eigenvalue weighted by Gasteiger charge is 2.30. The first-order chi connectivity index (χ1) is 27.5. The minimum absolute atomic E-state index is 0.142. The molecule has 13 nitrogen and oxygen atoms in total. The number of carbonyl (C=O) groups is 1. The third-order valence-corrected chi connectivity index (χ3v) is 9.98. The Morgan fingerprint density at radius 1 is 0.786 bits per heavy atom. The highest BCUT2D eigenvalue weighted by molar-refractivity contribution is 5.94. The molecule has 3 aromatic carbocycles. The van der Waals surface area contributed by atoms with E-state index in [1.807, 2.05) is 73.1 Å². The van der Waals surface area contributed by atoms with Gasteiger partial charge in [0, 0.05) is 86.4 Å². The molecule has 1 amide bonds. The predicted molar refractivity (Wildman–Crippen MR) is 215 cm³/mol. The van der Waals surface area contributed by atoms with Gasteiger partial charge in [-0.2, -0.15) is 4.98 Å². The van der Waals surface area contributed by atoms with Crippen molar-refractivity contribution in [2.75, 3.05) is 61.8 Å². The summed E-state index contributed by atoms with van der Waals surface area (Å²) in [6.45, 7) is 4.93. The van der Waals surface area contributed by atoms with E-state index < -0.39 is 0 Å². The third-order valence-electron chi connectivity index (χ3n) is 9.98. The molecule has 1 saturated heterocycles. The topological polar surface area (TPSA) is 131 Å². The van der Waals surface area contributed by atoms with E-state index in [-0.39, 0.29) is 5.91 Å². The van der Waals surface area contributed by atoms with Crippen molar-refractivity contribution in [1.82, 2.24) is 30.2 Å². The van der Waals surface area contributed by atoms with Crippen LogP contribution in [0.25, 0.3) is 11.3 Å². The average molecular weight is 750 g/mol. The van der Waals surface area contributed by atoms with Crippen LogP contribution in [0.2, 0.25) is 0 Å². The molecule has 0 unspecified atom stereocenters. The molecule has 1 fully saturated rings. The molecular formula is C43H43N9O4. The van der Waals surface area contributed by atoms with Crippen LogP contribution in [-0.2, 0) is 30.8 Å². The number of anilines is 4. The van der Waals surface area contributed by atoms with Crippen LogP contribution in [-0.4, -0.2) is 77.9 Å². The van der Waals surface area contributed by atoms with E-state index in [0.717, 1.165) is 62.9 Å². The first-order valence-electron chi connectivity index (χ1n) is 18.7. The molecule has 0 bridgehead atoms. The van der Waals surface area contributed by atoms with Crippen LogP contribution in [0.3, 0.4) is 0 Å². The minimum atomic E-state index is -0.142. The van der Waals surface area contributed by atoms with Gasteiger partial charge in [-0.25, -0.2) is 15.0 Å². The number of nitrogens with zero attached hydrogens (tertiary/aromatic N) is 8. The molecule has 8 rings (SSSR count). The van der Waals surface area contributed by atoms with Crippen LogP contribution in [0.5, 0.6) is 11.5 Å². The Labute approximate surface area is 326 Å². The van der Waals surface area contributed by atoms with Crippen LogP contribution >= 0.6 is 0 Å². The van der Waals surface area contributed by atoms with E-state index in [1.54, 1.807) is 26.6 Å². The fraction of sp³-hybridized carbons (Fsp3) is 0.256. The summed E-state index contributed by atoms with van der Waals surface area (Å²) in [5.74, 6) is 3.56. The zero-order chi connectivity index (χ0) is 38.3. The van der Waals surface area contributed by atoms with Crippen molar-refractivity contribution >= 4 is 29.3 Å². The zero-order valence-electron chi connectivity index (χ0n) is 31.5. The second-order valence-corrected chi connectivity index (χ2v) is 13.6. The van der Waals surface area contributed by atoms with Gasteiger partial charge in [-0.3, -0.25) is 9.78 Å². The number of aromatic nitrogens is 5. The van der Waals surface area contributed by atoms with Crippen molar-refractivity contribution in [2.24, 2.45) is 0 Å². The van der Waals surface area contributed by atoms with Gasteiger partial charge in [0.25, 0.3) is 5.91 Å². The second kappa shape index (κ2) is 16.8. The highest BCUT2D eigenvalue weighted by Crippen LogP contribution is 2.39. The molecule has 2 aliphatic heterocycles. The minimum Gasteiger partial charge on any atom is -0.497 e. The summed E-state index contributed by atoms with van der Waals surface area (Å²) in [4.78, 5) is 43.8. The zero-order valence-corrected chi connectivity index (χ0v) is 31.5. The molecule has 1 N–H and O–H groups in total. The molecule has 284 valence electrons. The van der Waals surface area contributed by atoms with Crippen LogP contribution in [0, 0.1) is 0 Å². The van der Waals surface area contributed by atoms with Gasteiger partial charge in [-0.05, 0) is 77.7 Å². The maximum absolute atomic E-state index is 13.0. The van der Waals surface area contributed by atoms with Gasteiger partial charge < -0.3 is 34.2 Å². The SMILES string of the molecule is COc1ccc(CN(Cc2ccc(OC)cc2)c2ncc(-c3nc(N4CCOCC4)nc4c3CCN4c3ccc(C(=O)NCc4cccnc4)cc3)cn2)cc1. The number of hydrogen-bond donors (Lipinski definition) is 1. The number of nitrogens with one attached hydrogen (secondary N) is 1. The number of pyridine rings is 1. The summed E-state index contributed by atoms with van der Waals surface area (Å²) in [7, 11) is 3.33. The van der Waals surface area contributed by atoms with Crippen molar-refractivity contribution in [2.45, 2.75) is 26.1 Å². The molecule has 2 aliphatic rings. The number of carbonyl (C=O) groups excluding carboxylic acids is 1. The lowest BCUT2D eigenvalue weighted by Gasteiger charge is -2.28. The van der Waals surface area contributed by atoms with Crippen molar-refractivity contribution in [3.05, 3.63) is 138 Å². The summed E-state index contributed by atoms with van der Waals surface area (Å²) >= 11 is 0. The first kappa shape index (κ1) is 36.4. The Balaban J connectivity index is 1.08. The predicted octanol–water partition coefficient (Wildman–Crippen LogP) is 6.01. The normalized spacial score (nSPS) is 13.6. The lowest BCUT2D eigenvalue weighted by molar-refractivity contribution is 0.0951. The lowest BCUT2D eigenvalue weighted by atomic mass is 10.1. The van der Waals surface area contributed by atoms with Gasteiger partial charge in [-0.15, -0.1) is 0 Å². The van der Waals surface area contributed by atoms with Gasteiger partial charge in [0.2, 0.25) is 11.9 Å². The molecule has 0 radical (unpaired) electrons. The number of fused-ring (bicyclic) bond motifs is 1. The monoisotopic (exact) mass is 749 g/mol. The Kier molecular flexibility index (Phi) is 10.9. The van der Waals surface area contributed by atoms with Crippen LogP contribution in [0.15, 0.2) is 110 Å². The third kappa shape index (κ3) is 8.22. The van der Waals surface area contributed by atoms with E-state index in [2.05, 4.69) is 49.3 Å². The van der Waals surface area contributed by atoms with E-state index in [1.165, 1.54) is 0 Å². The van der Waals surface area contributed by atoms with Gasteiger partial charge in [-0.1, -0.05) is 30.3 Å². The molecule has 0 atom stereocenters. The van der Waals surface area contributed by atoms with Crippen molar-refractivity contribution in [1.29, 1.82) is 0 Å². The average Bonchev–Trinajstić information content (AvgIpc) is 3.70. The fourth-order valence-electron chi connectivity index (χ4n) is 6.93. The van der Waals surface area contributed by atoms with E-state index in [9.17, 15) is 4.79 Å². The summed E-state index contributed by atoms with van der Waals surface area (Å²) < 4.78 is 16.4. The molecule has 56 heavy (non-hydrogen) atoms. The van der Waals surface area contributed by atoms with Gasteiger partial charge in [0.15, 0.2) is 0 Å². The Bertz CT molecular complexity index is 2180. The van der Waals surface area contributed by atoms with E-state index >= 15 is 0 Å². The Morgan fingerprint density at radius 3 is 2.05 bits per heavy atom. The lowest BCUT2D eigenvalue weighted by Crippen LogP contribution is -2.37. The summed E-state index contributed by atoms with van der Waals surface area (Å²) in [6, 6.07) is 27.5. The molecule has 3 aromatic heterocycles. The van der Waals surface area contributed by atoms with E-state index in [0.29, 0.717) is 69.9 Å². The highest BCUT2D eigenvalue weighted by atomic mass is 16.5.